The third-order valence-corrected chi connectivity index (χ3v) is 10.1. The maximum atomic E-state index is 11.6. The first-order chi connectivity index (χ1) is 23.5. The van der Waals surface area contributed by atoms with E-state index in [4.69, 9.17) is 32.9 Å². The number of amides is 2. The summed E-state index contributed by atoms with van der Waals surface area (Å²) in [6.07, 6.45) is 11.3. The molecule has 1 aromatic rings. The highest BCUT2D eigenvalue weighted by Crippen LogP contribution is 2.33. The van der Waals surface area contributed by atoms with Gasteiger partial charge in [-0.05, 0) is 81.6 Å². The molecule has 0 spiro atoms. The van der Waals surface area contributed by atoms with E-state index in [0.717, 1.165) is 75.7 Å². The number of sulfone groups is 1. The second-order valence-corrected chi connectivity index (χ2v) is 17.0. The maximum absolute atomic E-state index is 11.6. The van der Waals surface area contributed by atoms with E-state index in [1.807, 2.05) is 45.1 Å². The van der Waals surface area contributed by atoms with E-state index in [0.29, 0.717) is 47.1 Å². The second-order valence-electron chi connectivity index (χ2n) is 13.7. The lowest BCUT2D eigenvalue weighted by molar-refractivity contribution is 0.194. The number of carbonyl (C=O) groups is 1. The van der Waals surface area contributed by atoms with Gasteiger partial charge in [-0.1, -0.05) is 49.7 Å². The van der Waals surface area contributed by atoms with E-state index in [1.165, 1.54) is 6.26 Å². The fourth-order valence-corrected chi connectivity index (χ4v) is 7.21. The van der Waals surface area contributed by atoms with Crippen LogP contribution in [0.15, 0.2) is 69.5 Å². The van der Waals surface area contributed by atoms with Crippen LogP contribution in [-0.4, -0.2) is 113 Å². The Balaban J connectivity index is 1.66. The van der Waals surface area contributed by atoms with Crippen molar-refractivity contribution in [3.8, 4) is 5.75 Å². The summed E-state index contributed by atoms with van der Waals surface area (Å²) in [7, 11) is -1.31. The molecule has 0 unspecified atom stereocenters. The van der Waals surface area contributed by atoms with Crippen LogP contribution in [0.5, 0.6) is 5.75 Å². The Morgan fingerprint density at radius 2 is 1.78 bits per heavy atom. The monoisotopic (exact) mass is 751 g/mol. The van der Waals surface area contributed by atoms with Gasteiger partial charge in [-0.3, -0.25) is 9.80 Å². The first-order valence-electron chi connectivity index (χ1n) is 17.2. The number of pyridine rings is 1. The quantitative estimate of drug-likeness (QED) is 0.131. The number of rotatable bonds is 15. The number of anilines is 1. The van der Waals surface area contributed by atoms with Crippen LogP contribution in [0.3, 0.4) is 0 Å². The Hall–Kier alpha value is -2.90. The zero-order chi connectivity index (χ0) is 36.9. The molecule has 11 nitrogen and oxygen atoms in total. The first-order valence-corrected chi connectivity index (χ1v) is 20.0. The normalized spacial score (nSPS) is 18.3. The van der Waals surface area contributed by atoms with E-state index < -0.39 is 15.3 Å². The van der Waals surface area contributed by atoms with Crippen LogP contribution in [0.25, 0.3) is 0 Å². The molecule has 0 atom stereocenters. The van der Waals surface area contributed by atoms with Gasteiger partial charge in [-0.2, -0.15) is 0 Å². The van der Waals surface area contributed by atoms with Crippen molar-refractivity contribution in [1.82, 2.24) is 25.4 Å². The van der Waals surface area contributed by atoms with Gasteiger partial charge in [-0.15, -0.1) is 0 Å². The summed E-state index contributed by atoms with van der Waals surface area (Å²) >= 11 is 12.7. The zero-order valence-corrected chi connectivity index (χ0v) is 32.8. The number of hydrogen-bond donors (Lipinski definition) is 2. The molecule has 3 rings (SSSR count). The van der Waals surface area contributed by atoms with Crippen molar-refractivity contribution in [1.29, 1.82) is 0 Å². The summed E-state index contributed by atoms with van der Waals surface area (Å²) in [4.78, 5) is 28.0. The summed E-state index contributed by atoms with van der Waals surface area (Å²) in [6.45, 7) is 19.4. The lowest BCUT2D eigenvalue weighted by Gasteiger charge is -2.35. The van der Waals surface area contributed by atoms with E-state index >= 15 is 0 Å². The van der Waals surface area contributed by atoms with E-state index in [2.05, 4.69) is 36.9 Å². The van der Waals surface area contributed by atoms with Gasteiger partial charge < -0.3 is 20.3 Å². The Bertz CT molecular complexity index is 1520. The Morgan fingerprint density at radius 1 is 1.10 bits per heavy atom. The lowest BCUT2D eigenvalue weighted by atomic mass is 9.87. The molecule has 2 N–H and O–H groups in total. The number of hydrogen-bond acceptors (Lipinski definition) is 9. The largest absolute Gasteiger partial charge is 0.442 e. The first kappa shape index (κ1) is 41.5. The average Bonchev–Trinajstić information content (AvgIpc) is 3.03. The molecule has 0 bridgehead atoms. The molecule has 0 aromatic carbocycles. The summed E-state index contributed by atoms with van der Waals surface area (Å²) in [5.41, 5.74) is 1.07. The molecular weight excluding hydrogens is 697 g/mol. The van der Waals surface area contributed by atoms with Crippen molar-refractivity contribution < 1.29 is 17.9 Å². The molecule has 2 aliphatic rings. The highest BCUT2D eigenvalue weighted by atomic mass is 35.5. The van der Waals surface area contributed by atoms with E-state index in [1.54, 1.807) is 26.2 Å². The summed E-state index contributed by atoms with van der Waals surface area (Å²) in [5, 5.41) is 6.61. The van der Waals surface area contributed by atoms with Crippen molar-refractivity contribution in [2.24, 2.45) is 16.3 Å². The minimum atomic E-state index is -2.93. The van der Waals surface area contributed by atoms with Crippen molar-refractivity contribution in [2.75, 3.05) is 82.9 Å². The smallest absolute Gasteiger partial charge is 0.314 e. The number of piperazine rings is 1. The molecule has 278 valence electrons. The standard InChI is InChI=1S/C36H55Cl2N7O4S/c1-27(26-44-14-11-30(12-15-44)24-41-35(46)39-6)21-33(36(4,5)23-31(38)22-28(2)37)42-29(3)49-32-9-10-34(40-25-32)45-18-16-43(17-19-45)13-8-20-50(7,47)48/h9-10,21-23,25,30H,1,8,11-20,24,26H2,2-7H3,(H2,39,41,46)/b28-22+,31-23+,33-21-,42-29?. The third-order valence-electron chi connectivity index (χ3n) is 8.70. The number of nitrogens with zero attached hydrogens (tertiary/aromatic N) is 5. The van der Waals surface area contributed by atoms with Crippen molar-refractivity contribution in [3.63, 3.8) is 0 Å². The molecule has 50 heavy (non-hydrogen) atoms. The van der Waals surface area contributed by atoms with Gasteiger partial charge in [-0.25, -0.2) is 23.2 Å². The van der Waals surface area contributed by atoms with Crippen LogP contribution >= 0.6 is 23.2 Å². The fourth-order valence-electron chi connectivity index (χ4n) is 5.95. The number of urea groups is 1. The Morgan fingerprint density at radius 3 is 2.36 bits per heavy atom. The van der Waals surface area contributed by atoms with Crippen molar-refractivity contribution in [2.45, 2.75) is 47.0 Å². The minimum absolute atomic E-state index is 0.146. The van der Waals surface area contributed by atoms with Gasteiger partial charge in [0.25, 0.3) is 0 Å². The SMILES string of the molecule is C=C(/C=C(\N=C(C)Oc1ccc(N2CCN(CCCS(C)(=O)=O)CC2)nc1)C(C)(C)/C=C(Cl)\C=C(/C)Cl)CN1CCC(CNC(=O)NC)CC1. The topological polar surface area (TPSA) is 119 Å². The van der Waals surface area contributed by atoms with Crippen LogP contribution in [0.1, 0.15) is 47.0 Å². The number of carbonyl (C=O) groups excluding carboxylic acids is 1. The number of aromatic nitrogens is 1. The molecular formula is C36H55Cl2N7O4S. The van der Waals surface area contributed by atoms with Gasteiger partial charge in [0.05, 0.1) is 17.6 Å². The predicted molar refractivity (Wildman–Crippen MR) is 207 cm³/mol. The number of halogens is 2. The third kappa shape index (κ3) is 15.1. The molecule has 0 saturated carbocycles. The van der Waals surface area contributed by atoms with E-state index in [-0.39, 0.29) is 11.8 Å². The van der Waals surface area contributed by atoms with Gasteiger partial charge >= 0.3 is 6.03 Å². The van der Waals surface area contributed by atoms with Crippen molar-refractivity contribution >= 4 is 50.8 Å². The molecule has 2 aliphatic heterocycles. The number of allylic oxidation sites excluding steroid dienone is 4. The van der Waals surface area contributed by atoms with Gasteiger partial charge in [0.2, 0.25) is 0 Å². The molecule has 0 aliphatic carbocycles. The minimum Gasteiger partial charge on any atom is -0.442 e. The molecule has 2 amide bonds. The molecule has 2 fully saturated rings. The fraction of sp³-hybridized carbons (Fsp3) is 0.583. The van der Waals surface area contributed by atoms with Crippen LogP contribution in [0.4, 0.5) is 10.6 Å². The van der Waals surface area contributed by atoms with Crippen LogP contribution in [-0.2, 0) is 9.84 Å². The summed E-state index contributed by atoms with van der Waals surface area (Å²) in [6, 6.07) is 3.70. The number of aliphatic imine (C=N–C) groups is 1. The van der Waals surface area contributed by atoms with Gasteiger partial charge in [0.15, 0.2) is 5.90 Å². The van der Waals surface area contributed by atoms with Crippen LogP contribution < -0.4 is 20.3 Å². The number of likely N-dealkylation sites (tertiary alicyclic amines) is 1. The maximum Gasteiger partial charge on any atom is 0.314 e. The van der Waals surface area contributed by atoms with Gasteiger partial charge in [0.1, 0.15) is 21.4 Å². The molecule has 1 aromatic heterocycles. The van der Waals surface area contributed by atoms with Gasteiger partial charge in [0, 0.05) is 75.0 Å². The van der Waals surface area contributed by atoms with Crippen molar-refractivity contribution in [3.05, 3.63) is 64.5 Å². The Kier molecular flexibility index (Phi) is 16.3. The zero-order valence-electron chi connectivity index (χ0n) is 30.5. The molecule has 0 radical (unpaired) electrons. The number of ether oxygens (including phenoxy) is 1. The lowest BCUT2D eigenvalue weighted by Crippen LogP contribution is -2.47. The summed E-state index contributed by atoms with van der Waals surface area (Å²) < 4.78 is 29.0. The van der Waals surface area contributed by atoms with Crippen LogP contribution in [0, 0.1) is 11.3 Å². The highest BCUT2D eigenvalue weighted by Gasteiger charge is 2.24. The average molecular weight is 753 g/mol. The second kappa shape index (κ2) is 19.6. The highest BCUT2D eigenvalue weighted by molar-refractivity contribution is 7.90. The Labute approximate surface area is 309 Å². The summed E-state index contributed by atoms with van der Waals surface area (Å²) in [5.74, 6) is 2.57. The van der Waals surface area contributed by atoms with Crippen LogP contribution in [0.2, 0.25) is 0 Å². The number of piperidine rings is 1. The van der Waals surface area contributed by atoms with E-state index in [9.17, 15) is 13.2 Å². The number of nitrogens with one attached hydrogen (secondary N) is 2. The predicted octanol–water partition coefficient (Wildman–Crippen LogP) is 5.81. The molecule has 3 heterocycles. The molecule has 14 heteroatoms. The molecule has 2 saturated heterocycles.